The molecule has 0 saturated heterocycles. The second kappa shape index (κ2) is 5.83. The molecule has 2 rings (SSSR count). The highest BCUT2D eigenvalue weighted by Gasteiger charge is 2.01. The van der Waals surface area contributed by atoms with Gasteiger partial charge in [0.05, 0.1) is 0 Å². The fourth-order valence-electron chi connectivity index (χ4n) is 1.55. The van der Waals surface area contributed by atoms with E-state index >= 15 is 0 Å². The molecule has 18 heavy (non-hydrogen) atoms. The van der Waals surface area contributed by atoms with E-state index in [9.17, 15) is 9.18 Å². The van der Waals surface area contributed by atoms with Gasteiger partial charge in [0.1, 0.15) is 5.82 Å². The summed E-state index contributed by atoms with van der Waals surface area (Å²) in [4.78, 5) is 12.3. The van der Waals surface area contributed by atoms with E-state index in [-0.39, 0.29) is 11.6 Å². The Labute approximate surface area is 110 Å². The molecule has 0 radical (unpaired) electrons. The minimum atomic E-state index is -0.220. The number of benzene rings is 2. The summed E-state index contributed by atoms with van der Waals surface area (Å²) in [6.45, 7) is 1.56. The van der Waals surface area contributed by atoms with Crippen molar-refractivity contribution in [1.82, 2.24) is 0 Å². The summed E-state index contributed by atoms with van der Waals surface area (Å²) in [6, 6.07) is 14.0. The van der Waals surface area contributed by atoms with Crippen molar-refractivity contribution in [3.05, 3.63) is 65.5 Å². The molecule has 0 bridgehead atoms. The zero-order chi connectivity index (χ0) is 13.0. The molecule has 0 aromatic heterocycles. The van der Waals surface area contributed by atoms with Gasteiger partial charge in [0.15, 0.2) is 5.78 Å². The first-order valence-corrected chi connectivity index (χ1v) is 6.62. The Morgan fingerprint density at radius 2 is 1.89 bits per heavy atom. The van der Waals surface area contributed by atoms with Crippen molar-refractivity contribution in [2.45, 2.75) is 17.6 Å². The highest BCUT2D eigenvalue weighted by atomic mass is 32.2. The van der Waals surface area contributed by atoms with E-state index < -0.39 is 0 Å². The predicted octanol–water partition coefficient (Wildman–Crippen LogP) is 4.32. The van der Waals surface area contributed by atoms with Gasteiger partial charge in [-0.2, -0.15) is 0 Å². The zero-order valence-electron chi connectivity index (χ0n) is 10.0. The first kappa shape index (κ1) is 12.8. The van der Waals surface area contributed by atoms with Crippen LogP contribution in [0.4, 0.5) is 4.39 Å². The Kier molecular flexibility index (Phi) is 4.15. The Morgan fingerprint density at radius 3 is 2.56 bits per heavy atom. The van der Waals surface area contributed by atoms with Crippen LogP contribution in [0.3, 0.4) is 0 Å². The van der Waals surface area contributed by atoms with Crippen LogP contribution in [-0.2, 0) is 5.75 Å². The molecule has 0 fully saturated rings. The van der Waals surface area contributed by atoms with Gasteiger partial charge in [0.2, 0.25) is 0 Å². The topological polar surface area (TPSA) is 17.1 Å². The molecule has 0 atom stereocenters. The van der Waals surface area contributed by atoms with Crippen LogP contribution in [0, 0.1) is 5.82 Å². The maximum absolute atomic E-state index is 12.7. The van der Waals surface area contributed by atoms with Crippen LogP contribution < -0.4 is 0 Å². The van der Waals surface area contributed by atoms with Crippen LogP contribution in [0.25, 0.3) is 0 Å². The SMILES string of the molecule is CC(=O)c1cccc(SCc2ccc(F)cc2)c1. The van der Waals surface area contributed by atoms with Gasteiger partial charge in [0.25, 0.3) is 0 Å². The molecule has 0 unspecified atom stereocenters. The molecule has 3 heteroatoms. The molecule has 0 amide bonds. The minimum absolute atomic E-state index is 0.0687. The molecule has 0 N–H and O–H groups in total. The van der Waals surface area contributed by atoms with Gasteiger partial charge in [-0.1, -0.05) is 24.3 Å². The summed E-state index contributed by atoms with van der Waals surface area (Å²) < 4.78 is 12.7. The Morgan fingerprint density at radius 1 is 1.17 bits per heavy atom. The van der Waals surface area contributed by atoms with Crippen molar-refractivity contribution in [3.8, 4) is 0 Å². The van der Waals surface area contributed by atoms with Gasteiger partial charge in [0, 0.05) is 16.2 Å². The second-order valence-electron chi connectivity index (χ2n) is 4.00. The molecule has 0 aliphatic heterocycles. The van der Waals surface area contributed by atoms with Crippen molar-refractivity contribution in [1.29, 1.82) is 0 Å². The Balaban J connectivity index is 2.04. The molecule has 0 spiro atoms. The number of rotatable bonds is 4. The lowest BCUT2D eigenvalue weighted by Gasteiger charge is -2.03. The molecule has 0 heterocycles. The number of Topliss-reactive ketones (excluding diaryl/α,β-unsaturated/α-hetero) is 1. The minimum Gasteiger partial charge on any atom is -0.295 e. The molecule has 1 nitrogen and oxygen atoms in total. The number of ketones is 1. The van der Waals surface area contributed by atoms with Crippen LogP contribution in [-0.4, -0.2) is 5.78 Å². The largest absolute Gasteiger partial charge is 0.295 e. The molecular formula is C15H13FOS. The van der Waals surface area contributed by atoms with Crippen LogP contribution in [0.15, 0.2) is 53.4 Å². The first-order valence-electron chi connectivity index (χ1n) is 5.63. The summed E-state index contributed by atoms with van der Waals surface area (Å²) >= 11 is 1.64. The maximum Gasteiger partial charge on any atom is 0.159 e. The van der Waals surface area contributed by atoms with E-state index in [0.29, 0.717) is 0 Å². The summed E-state index contributed by atoms with van der Waals surface area (Å²) in [5.74, 6) is 0.614. The Hall–Kier alpha value is -1.61. The monoisotopic (exact) mass is 260 g/mol. The normalized spacial score (nSPS) is 10.3. The maximum atomic E-state index is 12.7. The van der Waals surface area contributed by atoms with Gasteiger partial charge >= 0.3 is 0 Å². The lowest BCUT2D eigenvalue weighted by molar-refractivity contribution is 0.101. The number of carbonyl (C=O) groups is 1. The van der Waals surface area contributed by atoms with Crippen molar-refractivity contribution in [2.24, 2.45) is 0 Å². The van der Waals surface area contributed by atoms with Crippen LogP contribution in [0.2, 0.25) is 0 Å². The lowest BCUT2D eigenvalue weighted by atomic mass is 10.2. The van der Waals surface area contributed by atoms with Gasteiger partial charge in [-0.3, -0.25) is 4.79 Å². The van der Waals surface area contributed by atoms with Crippen LogP contribution >= 0.6 is 11.8 Å². The molecule has 2 aromatic rings. The molecule has 0 saturated carbocycles. The fraction of sp³-hybridized carbons (Fsp3) is 0.133. The van der Waals surface area contributed by atoms with Gasteiger partial charge in [-0.25, -0.2) is 4.39 Å². The van der Waals surface area contributed by atoms with E-state index in [4.69, 9.17) is 0 Å². The molecular weight excluding hydrogens is 247 g/mol. The quantitative estimate of drug-likeness (QED) is 0.601. The van der Waals surface area contributed by atoms with Crippen molar-refractivity contribution >= 4 is 17.5 Å². The number of halogens is 1. The van der Waals surface area contributed by atoms with E-state index in [2.05, 4.69) is 0 Å². The summed E-state index contributed by atoms with van der Waals surface area (Å²) in [5.41, 5.74) is 1.79. The van der Waals surface area contributed by atoms with Crippen molar-refractivity contribution < 1.29 is 9.18 Å². The van der Waals surface area contributed by atoms with Gasteiger partial charge < -0.3 is 0 Å². The molecule has 0 aliphatic rings. The third-order valence-electron chi connectivity index (χ3n) is 2.56. The number of hydrogen-bond acceptors (Lipinski definition) is 2. The highest BCUT2D eigenvalue weighted by molar-refractivity contribution is 7.98. The predicted molar refractivity (Wildman–Crippen MR) is 72.4 cm³/mol. The molecule has 0 aliphatic carbocycles. The standard InChI is InChI=1S/C15H13FOS/c1-11(17)13-3-2-4-15(9-13)18-10-12-5-7-14(16)8-6-12/h2-9H,10H2,1H3. The number of carbonyl (C=O) groups excluding carboxylic acids is 1. The van der Waals surface area contributed by atoms with Gasteiger partial charge in [-0.15, -0.1) is 11.8 Å². The fourth-order valence-corrected chi connectivity index (χ4v) is 2.46. The first-order chi connectivity index (χ1) is 8.65. The van der Waals surface area contributed by atoms with Crippen molar-refractivity contribution in [2.75, 3.05) is 0 Å². The average molecular weight is 260 g/mol. The highest BCUT2D eigenvalue weighted by Crippen LogP contribution is 2.23. The van der Waals surface area contributed by atoms with Crippen molar-refractivity contribution in [3.63, 3.8) is 0 Å². The average Bonchev–Trinajstić information content (AvgIpc) is 2.38. The van der Waals surface area contributed by atoms with Gasteiger partial charge in [-0.05, 0) is 36.8 Å². The lowest BCUT2D eigenvalue weighted by Crippen LogP contribution is -1.91. The third kappa shape index (κ3) is 3.44. The smallest absolute Gasteiger partial charge is 0.159 e. The molecule has 92 valence electrons. The summed E-state index contributed by atoms with van der Waals surface area (Å²) in [5, 5.41) is 0. The summed E-state index contributed by atoms with van der Waals surface area (Å²) in [6.07, 6.45) is 0. The third-order valence-corrected chi connectivity index (χ3v) is 3.62. The molecule has 2 aromatic carbocycles. The van der Waals surface area contributed by atoms with E-state index in [0.717, 1.165) is 21.8 Å². The van der Waals surface area contributed by atoms with Crippen LogP contribution in [0.5, 0.6) is 0 Å². The van der Waals surface area contributed by atoms with E-state index in [1.54, 1.807) is 30.8 Å². The zero-order valence-corrected chi connectivity index (χ0v) is 10.8. The number of hydrogen-bond donors (Lipinski definition) is 0. The Bertz CT molecular complexity index is 549. The summed E-state index contributed by atoms with van der Waals surface area (Å²) in [7, 11) is 0. The second-order valence-corrected chi connectivity index (χ2v) is 5.05. The number of thioether (sulfide) groups is 1. The van der Waals surface area contributed by atoms with E-state index in [1.807, 2.05) is 24.3 Å². The van der Waals surface area contributed by atoms with Crippen LogP contribution in [0.1, 0.15) is 22.8 Å². The van der Waals surface area contributed by atoms with E-state index in [1.165, 1.54) is 12.1 Å².